The molecule has 1 aromatic carbocycles. The van der Waals surface area contributed by atoms with Crippen molar-refractivity contribution in [2.24, 2.45) is 5.73 Å². The summed E-state index contributed by atoms with van der Waals surface area (Å²) in [4.78, 5) is 7.61. The molecule has 3 N–H and O–H groups in total. The molecule has 2 aromatic rings. The number of rotatable bonds is 4. The van der Waals surface area contributed by atoms with E-state index in [1.54, 1.807) is 0 Å². The van der Waals surface area contributed by atoms with Gasteiger partial charge in [-0.05, 0) is 31.0 Å². The third-order valence-corrected chi connectivity index (χ3v) is 4.35. The van der Waals surface area contributed by atoms with Crippen LogP contribution in [0.15, 0.2) is 16.6 Å². The number of nitrogens with zero attached hydrogens (tertiary/aromatic N) is 1. The molecule has 104 valence electrons. The van der Waals surface area contributed by atoms with Gasteiger partial charge in [0.2, 0.25) is 0 Å². The Kier molecular flexibility index (Phi) is 3.98. The van der Waals surface area contributed by atoms with Crippen LogP contribution < -0.4 is 5.73 Å². The van der Waals surface area contributed by atoms with Crippen molar-refractivity contribution in [2.45, 2.75) is 19.4 Å². The minimum Gasteiger partial charge on any atom is -0.341 e. The zero-order valence-electron chi connectivity index (χ0n) is 10.8. The quantitative estimate of drug-likeness (QED) is 0.887. The third kappa shape index (κ3) is 3.55. The SMILES string of the molecule is Cc1cc(Br)cc2[nH]c(C(N)CCS(C)(=O)=O)nc12. The molecular formula is C12H16BrN3O2S. The van der Waals surface area contributed by atoms with Crippen LogP contribution in [-0.2, 0) is 9.84 Å². The van der Waals surface area contributed by atoms with E-state index in [1.165, 1.54) is 6.26 Å². The second-order valence-corrected chi connectivity index (χ2v) is 7.94. The Hall–Kier alpha value is -0.920. The topological polar surface area (TPSA) is 88.8 Å². The van der Waals surface area contributed by atoms with Crippen molar-refractivity contribution in [1.29, 1.82) is 0 Å². The molecule has 5 nitrogen and oxygen atoms in total. The summed E-state index contributed by atoms with van der Waals surface area (Å²) < 4.78 is 23.3. The number of nitrogens with two attached hydrogens (primary N) is 1. The Morgan fingerprint density at radius 1 is 1.47 bits per heavy atom. The largest absolute Gasteiger partial charge is 0.341 e. The van der Waals surface area contributed by atoms with Crippen molar-refractivity contribution in [3.63, 3.8) is 0 Å². The maximum atomic E-state index is 11.1. The van der Waals surface area contributed by atoms with Crippen LogP contribution in [0.1, 0.15) is 23.9 Å². The zero-order valence-corrected chi connectivity index (χ0v) is 13.2. The van der Waals surface area contributed by atoms with Gasteiger partial charge in [0.1, 0.15) is 15.7 Å². The maximum Gasteiger partial charge on any atom is 0.147 e. The van der Waals surface area contributed by atoms with E-state index >= 15 is 0 Å². The number of sulfone groups is 1. The van der Waals surface area contributed by atoms with Crippen molar-refractivity contribution < 1.29 is 8.42 Å². The Balaban J connectivity index is 2.28. The van der Waals surface area contributed by atoms with Crippen LogP contribution in [0.25, 0.3) is 11.0 Å². The minimum absolute atomic E-state index is 0.0634. The molecule has 0 aliphatic carbocycles. The first-order valence-electron chi connectivity index (χ1n) is 5.85. The number of aromatic nitrogens is 2. The molecule has 19 heavy (non-hydrogen) atoms. The Bertz CT molecular complexity index is 709. The van der Waals surface area contributed by atoms with Crippen LogP contribution in [0.4, 0.5) is 0 Å². The van der Waals surface area contributed by atoms with Crippen molar-refractivity contribution in [3.05, 3.63) is 28.0 Å². The van der Waals surface area contributed by atoms with Gasteiger partial charge in [0.25, 0.3) is 0 Å². The summed E-state index contributed by atoms with van der Waals surface area (Å²) in [6.07, 6.45) is 1.57. The van der Waals surface area contributed by atoms with Gasteiger partial charge in [-0.15, -0.1) is 0 Å². The van der Waals surface area contributed by atoms with E-state index in [0.29, 0.717) is 12.2 Å². The number of benzene rings is 1. The van der Waals surface area contributed by atoms with Gasteiger partial charge in [0, 0.05) is 10.7 Å². The smallest absolute Gasteiger partial charge is 0.147 e. The fourth-order valence-corrected chi connectivity index (χ4v) is 3.17. The van der Waals surface area contributed by atoms with Crippen molar-refractivity contribution in [1.82, 2.24) is 9.97 Å². The first-order chi connectivity index (χ1) is 8.76. The standard InChI is InChI=1S/C12H16BrN3O2S/c1-7-5-8(13)6-10-11(7)16-12(15-10)9(14)3-4-19(2,17)18/h5-6,9H,3-4,14H2,1-2H3,(H,15,16). The molecule has 0 spiro atoms. The third-order valence-electron chi connectivity index (χ3n) is 2.91. The van der Waals surface area contributed by atoms with Crippen LogP contribution in [0.3, 0.4) is 0 Å². The second kappa shape index (κ2) is 5.22. The highest BCUT2D eigenvalue weighted by atomic mass is 79.9. The second-order valence-electron chi connectivity index (χ2n) is 4.77. The molecule has 0 aliphatic heterocycles. The van der Waals surface area contributed by atoms with Gasteiger partial charge in [0.05, 0.1) is 22.8 Å². The van der Waals surface area contributed by atoms with Gasteiger partial charge < -0.3 is 10.7 Å². The molecular weight excluding hydrogens is 330 g/mol. The van der Waals surface area contributed by atoms with Gasteiger partial charge in [-0.3, -0.25) is 0 Å². The molecule has 2 rings (SSSR count). The van der Waals surface area contributed by atoms with Gasteiger partial charge in [-0.25, -0.2) is 13.4 Å². The number of imidazole rings is 1. The van der Waals surface area contributed by atoms with E-state index in [4.69, 9.17) is 5.73 Å². The molecule has 1 aromatic heterocycles. The van der Waals surface area contributed by atoms with Crippen LogP contribution in [0, 0.1) is 6.92 Å². The van der Waals surface area contributed by atoms with Gasteiger partial charge >= 0.3 is 0 Å². The van der Waals surface area contributed by atoms with Gasteiger partial charge in [-0.1, -0.05) is 15.9 Å². The summed E-state index contributed by atoms with van der Waals surface area (Å²) >= 11 is 3.43. The number of fused-ring (bicyclic) bond motifs is 1. The lowest BCUT2D eigenvalue weighted by atomic mass is 10.2. The predicted octanol–water partition coefficient (Wildman–Crippen LogP) is 2.07. The number of aromatic amines is 1. The maximum absolute atomic E-state index is 11.1. The summed E-state index contributed by atoms with van der Waals surface area (Å²) in [5.74, 6) is 0.688. The van der Waals surface area contributed by atoms with E-state index in [2.05, 4.69) is 25.9 Å². The van der Waals surface area contributed by atoms with E-state index in [-0.39, 0.29) is 5.75 Å². The molecule has 0 fully saturated rings. The first-order valence-corrected chi connectivity index (χ1v) is 8.70. The van der Waals surface area contributed by atoms with Crippen LogP contribution >= 0.6 is 15.9 Å². The number of hydrogen-bond acceptors (Lipinski definition) is 4. The van der Waals surface area contributed by atoms with Crippen LogP contribution in [0.2, 0.25) is 0 Å². The summed E-state index contributed by atoms with van der Waals surface area (Å²) in [5, 5.41) is 0. The lowest BCUT2D eigenvalue weighted by Crippen LogP contribution is -2.16. The number of hydrogen-bond donors (Lipinski definition) is 2. The van der Waals surface area contributed by atoms with Gasteiger partial charge in [-0.2, -0.15) is 0 Å². The molecule has 0 saturated carbocycles. The Morgan fingerprint density at radius 2 is 2.16 bits per heavy atom. The number of H-pyrrole nitrogens is 1. The lowest BCUT2D eigenvalue weighted by Gasteiger charge is -2.06. The average molecular weight is 346 g/mol. The molecule has 1 unspecified atom stereocenters. The van der Waals surface area contributed by atoms with E-state index < -0.39 is 15.9 Å². The Morgan fingerprint density at radius 3 is 2.79 bits per heavy atom. The monoisotopic (exact) mass is 345 g/mol. The molecule has 0 aliphatic rings. The first kappa shape index (κ1) is 14.5. The average Bonchev–Trinajstić information content (AvgIpc) is 2.68. The zero-order chi connectivity index (χ0) is 14.2. The lowest BCUT2D eigenvalue weighted by molar-refractivity contribution is 0.588. The van der Waals surface area contributed by atoms with Crippen molar-refractivity contribution in [2.75, 3.05) is 12.0 Å². The summed E-state index contributed by atoms with van der Waals surface area (Å²) in [6.45, 7) is 1.97. The molecule has 0 amide bonds. The fraction of sp³-hybridized carbons (Fsp3) is 0.417. The van der Waals surface area contributed by atoms with Crippen molar-refractivity contribution >= 4 is 36.8 Å². The van der Waals surface area contributed by atoms with Crippen LogP contribution in [-0.4, -0.2) is 30.4 Å². The van der Waals surface area contributed by atoms with Crippen LogP contribution in [0.5, 0.6) is 0 Å². The minimum atomic E-state index is -3.00. The summed E-state index contributed by atoms with van der Waals surface area (Å²) in [7, 11) is -3.00. The Labute approximate surface area is 120 Å². The molecule has 0 bridgehead atoms. The highest BCUT2D eigenvalue weighted by Gasteiger charge is 2.15. The normalized spacial score (nSPS) is 13.9. The number of aryl methyl sites for hydroxylation is 1. The highest BCUT2D eigenvalue weighted by molar-refractivity contribution is 9.10. The molecule has 1 heterocycles. The number of halogens is 1. The summed E-state index contributed by atoms with van der Waals surface area (Å²) in [5.41, 5.74) is 8.80. The summed E-state index contributed by atoms with van der Waals surface area (Å²) in [6, 6.07) is 3.51. The molecule has 1 atom stereocenters. The molecule has 0 radical (unpaired) electrons. The van der Waals surface area contributed by atoms with Crippen molar-refractivity contribution in [3.8, 4) is 0 Å². The number of nitrogens with one attached hydrogen (secondary N) is 1. The van der Waals surface area contributed by atoms with Gasteiger partial charge in [0.15, 0.2) is 0 Å². The van der Waals surface area contributed by atoms with E-state index in [1.807, 2.05) is 19.1 Å². The highest BCUT2D eigenvalue weighted by Crippen LogP contribution is 2.24. The van der Waals surface area contributed by atoms with E-state index in [0.717, 1.165) is 21.1 Å². The predicted molar refractivity (Wildman–Crippen MR) is 79.8 cm³/mol. The van der Waals surface area contributed by atoms with E-state index in [9.17, 15) is 8.42 Å². The fourth-order valence-electron chi connectivity index (χ4n) is 1.92. The molecule has 7 heteroatoms. The molecule has 0 saturated heterocycles.